The minimum atomic E-state index is -0.106. The Balaban J connectivity index is 1.50. The van der Waals surface area contributed by atoms with Crippen molar-refractivity contribution in [3.8, 4) is 11.3 Å². The van der Waals surface area contributed by atoms with E-state index in [9.17, 15) is 4.79 Å². The van der Waals surface area contributed by atoms with Gasteiger partial charge in [-0.25, -0.2) is 9.50 Å². The van der Waals surface area contributed by atoms with Gasteiger partial charge < -0.3 is 20.9 Å². The third-order valence-electron chi connectivity index (χ3n) is 6.38. The van der Waals surface area contributed by atoms with Crippen molar-refractivity contribution in [1.82, 2.24) is 39.9 Å². The highest BCUT2D eigenvalue weighted by atomic mass is 16.2. The number of aromatic nitrogens is 5. The number of nitrogens with one attached hydrogen (secondary N) is 3. The third-order valence-corrected chi connectivity index (χ3v) is 6.38. The lowest BCUT2D eigenvalue weighted by molar-refractivity contribution is -0.128. The molecule has 10 nitrogen and oxygen atoms in total. The summed E-state index contributed by atoms with van der Waals surface area (Å²) >= 11 is 0. The van der Waals surface area contributed by atoms with Gasteiger partial charge in [0.15, 0.2) is 0 Å². The van der Waals surface area contributed by atoms with Crippen LogP contribution in [0.25, 0.3) is 22.3 Å². The standard InChI is InChI=1S/C24H33N9O/c1-4-19(5-2)32-15-18(14-29-32)23-22-6-8-28-33(22)16-21(30-23)17(12-25)13-26-9-10-27-20-7-11-31(3)24(20)34/h6,8,12-16,19-20,25-27H,4-5,7,9-11H2,1-3H3/b17-13+,25-12?/t20-/m1/s1. The topological polar surface area (TPSA) is 116 Å². The molecule has 1 aliphatic heterocycles. The molecular weight excluding hydrogens is 430 g/mol. The Kier molecular flexibility index (Phi) is 7.36. The molecule has 34 heavy (non-hydrogen) atoms. The number of fused-ring (bicyclic) bond motifs is 1. The van der Waals surface area contributed by atoms with Gasteiger partial charge >= 0.3 is 0 Å². The van der Waals surface area contributed by atoms with Gasteiger partial charge in [0.25, 0.3) is 0 Å². The number of amides is 1. The fraction of sp³-hybridized carbons (Fsp3) is 0.458. The number of rotatable bonds is 11. The summed E-state index contributed by atoms with van der Waals surface area (Å²) in [5.74, 6) is 0.146. The first-order chi connectivity index (χ1) is 16.5. The van der Waals surface area contributed by atoms with Crippen LogP contribution >= 0.6 is 0 Å². The van der Waals surface area contributed by atoms with Crippen LogP contribution in [0.15, 0.2) is 37.1 Å². The molecule has 1 saturated heterocycles. The Labute approximate surface area is 199 Å². The Morgan fingerprint density at radius 1 is 1.26 bits per heavy atom. The van der Waals surface area contributed by atoms with Gasteiger partial charge in [0, 0.05) is 56.4 Å². The van der Waals surface area contributed by atoms with E-state index in [0.717, 1.165) is 42.6 Å². The Morgan fingerprint density at radius 2 is 2.09 bits per heavy atom. The zero-order valence-electron chi connectivity index (χ0n) is 20.0. The van der Waals surface area contributed by atoms with Gasteiger partial charge in [-0.3, -0.25) is 9.48 Å². The number of nitrogens with zero attached hydrogens (tertiary/aromatic N) is 6. The second-order valence-corrected chi connectivity index (χ2v) is 8.57. The van der Waals surface area contributed by atoms with Crippen LogP contribution in [0.4, 0.5) is 0 Å². The molecule has 1 atom stereocenters. The van der Waals surface area contributed by atoms with E-state index in [1.165, 1.54) is 6.21 Å². The fourth-order valence-corrected chi connectivity index (χ4v) is 4.30. The number of allylic oxidation sites excluding steroid dienone is 1. The molecule has 1 fully saturated rings. The minimum Gasteiger partial charge on any atom is -0.389 e. The molecule has 0 bridgehead atoms. The lowest BCUT2D eigenvalue weighted by atomic mass is 10.1. The molecule has 3 aromatic rings. The van der Waals surface area contributed by atoms with Crippen LogP contribution in [0, 0.1) is 5.41 Å². The van der Waals surface area contributed by atoms with Crippen LogP contribution in [0.5, 0.6) is 0 Å². The highest BCUT2D eigenvalue weighted by Crippen LogP contribution is 2.26. The normalized spacial score (nSPS) is 16.7. The maximum Gasteiger partial charge on any atom is 0.239 e. The van der Waals surface area contributed by atoms with Crippen LogP contribution in [0.3, 0.4) is 0 Å². The van der Waals surface area contributed by atoms with Crippen LogP contribution in [0.2, 0.25) is 0 Å². The van der Waals surface area contributed by atoms with Crippen molar-refractivity contribution < 1.29 is 4.79 Å². The SMILES string of the molecule is CCC(CC)n1cc(-c2nc(/C(C=N)=C/NCCN[C@@H]3CCN(C)C3=O)cn3nccc23)cn1. The van der Waals surface area contributed by atoms with Crippen molar-refractivity contribution in [3.63, 3.8) is 0 Å². The molecule has 0 aromatic carbocycles. The first kappa shape index (κ1) is 23.6. The number of hydrogen-bond acceptors (Lipinski definition) is 7. The van der Waals surface area contributed by atoms with Gasteiger partial charge in [-0.1, -0.05) is 13.8 Å². The summed E-state index contributed by atoms with van der Waals surface area (Å²) in [6, 6.07) is 2.18. The van der Waals surface area contributed by atoms with E-state index in [-0.39, 0.29) is 11.9 Å². The van der Waals surface area contributed by atoms with Crippen molar-refractivity contribution in [3.05, 3.63) is 42.7 Å². The molecule has 4 heterocycles. The molecule has 1 aliphatic rings. The van der Waals surface area contributed by atoms with Gasteiger partial charge in [0.05, 0.1) is 47.6 Å². The Bertz CT molecular complexity index is 1170. The molecule has 180 valence electrons. The van der Waals surface area contributed by atoms with Crippen LogP contribution < -0.4 is 10.6 Å². The summed E-state index contributed by atoms with van der Waals surface area (Å²) in [4.78, 5) is 18.6. The Hall–Kier alpha value is -3.53. The Morgan fingerprint density at radius 3 is 2.79 bits per heavy atom. The van der Waals surface area contributed by atoms with Crippen LogP contribution in [0.1, 0.15) is 44.8 Å². The minimum absolute atomic E-state index is 0.106. The molecule has 0 aliphatic carbocycles. The summed E-state index contributed by atoms with van der Waals surface area (Å²) in [6.45, 7) is 6.40. The van der Waals surface area contributed by atoms with E-state index >= 15 is 0 Å². The third kappa shape index (κ3) is 4.86. The molecule has 0 spiro atoms. The lowest BCUT2D eigenvalue weighted by Gasteiger charge is -2.12. The predicted molar refractivity (Wildman–Crippen MR) is 133 cm³/mol. The molecule has 1 amide bonds. The summed E-state index contributed by atoms with van der Waals surface area (Å²) in [7, 11) is 1.83. The zero-order chi connectivity index (χ0) is 24.1. The molecule has 3 N–H and O–H groups in total. The number of likely N-dealkylation sites (N-methyl/N-ethyl adjacent to an activating group) is 1. The first-order valence-corrected chi connectivity index (χ1v) is 11.9. The molecule has 3 aromatic heterocycles. The van der Waals surface area contributed by atoms with E-state index in [2.05, 4.69) is 34.7 Å². The van der Waals surface area contributed by atoms with E-state index in [1.807, 2.05) is 36.4 Å². The number of hydrogen-bond donors (Lipinski definition) is 3. The number of likely N-dealkylation sites (tertiary alicyclic amines) is 1. The van der Waals surface area contributed by atoms with Gasteiger partial charge in [-0.2, -0.15) is 10.2 Å². The molecule has 4 rings (SSSR count). The second kappa shape index (κ2) is 10.6. The molecule has 10 heteroatoms. The van der Waals surface area contributed by atoms with E-state index in [4.69, 9.17) is 10.4 Å². The highest BCUT2D eigenvalue weighted by Gasteiger charge is 2.27. The maximum atomic E-state index is 12.0. The molecular formula is C24H33N9O. The van der Waals surface area contributed by atoms with Crippen LogP contribution in [-0.2, 0) is 4.79 Å². The molecule has 0 unspecified atom stereocenters. The second-order valence-electron chi connectivity index (χ2n) is 8.57. The smallest absolute Gasteiger partial charge is 0.239 e. The van der Waals surface area contributed by atoms with Crippen molar-refractivity contribution >= 4 is 23.2 Å². The van der Waals surface area contributed by atoms with E-state index in [1.54, 1.807) is 21.8 Å². The van der Waals surface area contributed by atoms with E-state index < -0.39 is 0 Å². The van der Waals surface area contributed by atoms with Gasteiger partial charge in [-0.05, 0) is 25.3 Å². The highest BCUT2D eigenvalue weighted by molar-refractivity contribution is 6.07. The fourth-order valence-electron chi connectivity index (χ4n) is 4.30. The summed E-state index contributed by atoms with van der Waals surface area (Å²) in [6.07, 6.45) is 13.4. The summed E-state index contributed by atoms with van der Waals surface area (Å²) in [5, 5.41) is 23.4. The van der Waals surface area contributed by atoms with Crippen molar-refractivity contribution in [2.45, 2.75) is 45.2 Å². The lowest BCUT2D eigenvalue weighted by Crippen LogP contribution is -2.39. The monoisotopic (exact) mass is 463 g/mol. The number of carbonyl (C=O) groups excluding carboxylic acids is 1. The largest absolute Gasteiger partial charge is 0.389 e. The average Bonchev–Trinajstić information content (AvgIpc) is 3.59. The first-order valence-electron chi connectivity index (χ1n) is 11.9. The quantitative estimate of drug-likeness (QED) is 0.297. The van der Waals surface area contributed by atoms with Crippen LogP contribution in [-0.4, -0.2) is 74.1 Å². The van der Waals surface area contributed by atoms with Crippen molar-refractivity contribution in [1.29, 1.82) is 5.41 Å². The predicted octanol–water partition coefficient (Wildman–Crippen LogP) is 2.35. The summed E-state index contributed by atoms with van der Waals surface area (Å²) < 4.78 is 3.79. The van der Waals surface area contributed by atoms with Gasteiger partial charge in [0.1, 0.15) is 0 Å². The molecule has 0 saturated carbocycles. The van der Waals surface area contributed by atoms with Crippen molar-refractivity contribution in [2.24, 2.45) is 0 Å². The van der Waals surface area contributed by atoms with Crippen molar-refractivity contribution in [2.75, 3.05) is 26.7 Å². The maximum absolute atomic E-state index is 12.0. The summed E-state index contributed by atoms with van der Waals surface area (Å²) in [5.41, 5.74) is 3.88. The van der Waals surface area contributed by atoms with Gasteiger partial charge in [0.2, 0.25) is 5.91 Å². The van der Waals surface area contributed by atoms with E-state index in [0.29, 0.717) is 30.4 Å². The zero-order valence-corrected chi connectivity index (χ0v) is 20.0. The molecule has 0 radical (unpaired) electrons. The number of carbonyl (C=O) groups is 1. The average molecular weight is 464 g/mol. The van der Waals surface area contributed by atoms with Gasteiger partial charge in [-0.15, -0.1) is 0 Å².